The Balaban J connectivity index is 2.32. The molecule has 1 aromatic heterocycles. The molecule has 8 heteroatoms. The topological polar surface area (TPSA) is 97.1 Å². The molecule has 1 unspecified atom stereocenters. The van der Waals surface area contributed by atoms with Gasteiger partial charge in [0, 0.05) is 17.3 Å². The molecule has 4 N–H and O–H groups in total. The van der Waals surface area contributed by atoms with Crippen molar-refractivity contribution in [2.24, 2.45) is 5.84 Å². The molecule has 1 aromatic carbocycles. The number of pyridine rings is 1. The van der Waals surface area contributed by atoms with E-state index in [2.05, 4.69) is 15.1 Å². The van der Waals surface area contributed by atoms with Gasteiger partial charge < -0.3 is 5.43 Å². The van der Waals surface area contributed by atoms with E-state index in [0.29, 0.717) is 10.6 Å². The molecule has 0 bridgehead atoms. The number of halogens is 1. The second-order valence-electron chi connectivity index (χ2n) is 4.36. The maximum atomic E-state index is 12.4. The van der Waals surface area contributed by atoms with Crippen molar-refractivity contribution in [2.75, 3.05) is 5.43 Å². The predicted molar refractivity (Wildman–Crippen MR) is 82.2 cm³/mol. The van der Waals surface area contributed by atoms with Gasteiger partial charge in [-0.15, -0.1) is 0 Å². The molecule has 1 heterocycles. The van der Waals surface area contributed by atoms with Gasteiger partial charge in [0.25, 0.3) is 0 Å². The maximum Gasteiger partial charge on any atom is 0.244 e. The molecule has 2 rings (SSSR count). The van der Waals surface area contributed by atoms with Gasteiger partial charge in [-0.25, -0.2) is 24.0 Å². The van der Waals surface area contributed by atoms with Crippen molar-refractivity contribution >= 4 is 27.4 Å². The first-order valence-electron chi connectivity index (χ1n) is 6.14. The molecule has 0 aliphatic heterocycles. The fraction of sp³-hybridized carbons (Fsp3) is 0.154. The first-order chi connectivity index (χ1) is 9.95. The fourth-order valence-electron chi connectivity index (χ4n) is 1.90. The Bertz CT molecular complexity index is 736. The molecular formula is C13H15ClN4O2S. The molecule has 0 saturated heterocycles. The van der Waals surface area contributed by atoms with Crippen molar-refractivity contribution in [3.05, 3.63) is 53.2 Å². The number of anilines is 1. The SMILES string of the molecule is CC(NS(=O)(=O)c1cccnc1NN)c1ccccc1Cl. The van der Waals surface area contributed by atoms with Crippen molar-refractivity contribution in [3.63, 3.8) is 0 Å². The third kappa shape index (κ3) is 3.51. The van der Waals surface area contributed by atoms with Crippen molar-refractivity contribution in [1.29, 1.82) is 0 Å². The van der Waals surface area contributed by atoms with Gasteiger partial charge in [-0.3, -0.25) is 0 Å². The molecule has 1 atom stereocenters. The highest BCUT2D eigenvalue weighted by Gasteiger charge is 2.22. The minimum Gasteiger partial charge on any atom is -0.307 e. The van der Waals surface area contributed by atoms with Crippen molar-refractivity contribution in [3.8, 4) is 0 Å². The van der Waals surface area contributed by atoms with Gasteiger partial charge in [-0.2, -0.15) is 0 Å². The van der Waals surface area contributed by atoms with E-state index in [1.54, 1.807) is 31.2 Å². The molecule has 0 spiro atoms. The second kappa shape index (κ2) is 6.40. The molecule has 0 aliphatic carbocycles. The third-order valence-corrected chi connectivity index (χ3v) is 4.82. The molecule has 21 heavy (non-hydrogen) atoms. The van der Waals surface area contributed by atoms with Crippen LogP contribution in [0.2, 0.25) is 5.02 Å². The van der Waals surface area contributed by atoms with E-state index in [-0.39, 0.29) is 10.7 Å². The average molecular weight is 327 g/mol. The number of hydrogen-bond donors (Lipinski definition) is 3. The standard InChI is InChI=1S/C13H15ClN4O2S/c1-9(10-5-2-3-6-11(10)14)18-21(19,20)12-7-4-8-16-13(12)17-15/h2-9,18H,15H2,1H3,(H,16,17). The number of nitrogens with two attached hydrogens (primary N) is 1. The first-order valence-corrected chi connectivity index (χ1v) is 8.00. The largest absolute Gasteiger partial charge is 0.307 e. The summed E-state index contributed by atoms with van der Waals surface area (Å²) in [6, 6.07) is 9.50. The van der Waals surface area contributed by atoms with E-state index in [1.807, 2.05) is 0 Å². The molecule has 0 saturated carbocycles. The van der Waals surface area contributed by atoms with Gasteiger partial charge in [0.15, 0.2) is 5.82 Å². The summed E-state index contributed by atoms with van der Waals surface area (Å²) in [6.07, 6.45) is 1.45. The minimum absolute atomic E-state index is 0.0218. The highest BCUT2D eigenvalue weighted by atomic mass is 35.5. The summed E-state index contributed by atoms with van der Waals surface area (Å²) in [5.41, 5.74) is 2.96. The minimum atomic E-state index is -3.78. The fourth-order valence-corrected chi connectivity index (χ4v) is 3.54. The van der Waals surface area contributed by atoms with Crippen LogP contribution >= 0.6 is 11.6 Å². The monoisotopic (exact) mass is 326 g/mol. The number of nitrogens with zero attached hydrogens (tertiary/aromatic N) is 1. The Hall–Kier alpha value is -1.67. The molecule has 0 aliphatic rings. The van der Waals surface area contributed by atoms with Crippen molar-refractivity contribution < 1.29 is 8.42 Å². The Morgan fingerprint density at radius 1 is 1.24 bits per heavy atom. The Labute approximate surface area is 128 Å². The number of aromatic nitrogens is 1. The zero-order valence-corrected chi connectivity index (χ0v) is 12.8. The second-order valence-corrected chi connectivity index (χ2v) is 6.45. The lowest BCUT2D eigenvalue weighted by atomic mass is 10.1. The molecule has 0 fully saturated rings. The van der Waals surface area contributed by atoms with Gasteiger partial charge >= 0.3 is 0 Å². The number of hydrazine groups is 1. The maximum absolute atomic E-state index is 12.4. The Kier molecular flexibility index (Phi) is 4.79. The Morgan fingerprint density at radius 2 is 1.95 bits per heavy atom. The summed E-state index contributed by atoms with van der Waals surface area (Å²) in [6.45, 7) is 1.71. The van der Waals surface area contributed by atoms with Crippen LogP contribution in [0.5, 0.6) is 0 Å². The quantitative estimate of drug-likeness (QED) is 0.577. The lowest BCUT2D eigenvalue weighted by Gasteiger charge is -2.17. The Morgan fingerprint density at radius 3 is 2.62 bits per heavy atom. The van der Waals surface area contributed by atoms with Crippen LogP contribution in [0.25, 0.3) is 0 Å². The van der Waals surface area contributed by atoms with Crippen LogP contribution in [0.3, 0.4) is 0 Å². The number of nitrogens with one attached hydrogen (secondary N) is 2. The van der Waals surface area contributed by atoms with E-state index < -0.39 is 16.1 Å². The number of nitrogen functional groups attached to an aromatic ring is 1. The first kappa shape index (κ1) is 15.7. The van der Waals surface area contributed by atoms with Gasteiger partial charge in [-0.05, 0) is 30.7 Å². The third-order valence-electron chi connectivity index (χ3n) is 2.90. The molecule has 0 radical (unpaired) electrons. The molecular weight excluding hydrogens is 312 g/mol. The number of benzene rings is 1. The van der Waals surface area contributed by atoms with Gasteiger partial charge in [0.1, 0.15) is 4.90 Å². The average Bonchev–Trinajstić information content (AvgIpc) is 2.47. The number of rotatable bonds is 5. The van der Waals surface area contributed by atoms with E-state index >= 15 is 0 Å². The normalized spacial score (nSPS) is 12.9. The van der Waals surface area contributed by atoms with Crippen LogP contribution in [-0.2, 0) is 10.0 Å². The predicted octanol–water partition coefficient (Wildman–Crippen LogP) is 2.06. The lowest BCUT2D eigenvalue weighted by Crippen LogP contribution is -2.28. The summed E-state index contributed by atoms with van der Waals surface area (Å²) in [5.74, 6) is 5.37. The summed E-state index contributed by atoms with van der Waals surface area (Å²) in [5, 5.41) is 0.496. The summed E-state index contributed by atoms with van der Waals surface area (Å²) < 4.78 is 27.4. The molecule has 112 valence electrons. The van der Waals surface area contributed by atoms with Crippen molar-refractivity contribution in [1.82, 2.24) is 9.71 Å². The van der Waals surface area contributed by atoms with Gasteiger partial charge in [0.05, 0.1) is 0 Å². The van der Waals surface area contributed by atoms with Crippen LogP contribution in [0.4, 0.5) is 5.82 Å². The number of sulfonamides is 1. The van der Waals surface area contributed by atoms with Gasteiger partial charge in [-0.1, -0.05) is 29.8 Å². The lowest BCUT2D eigenvalue weighted by molar-refractivity contribution is 0.567. The summed E-state index contributed by atoms with van der Waals surface area (Å²) in [7, 11) is -3.78. The summed E-state index contributed by atoms with van der Waals surface area (Å²) in [4.78, 5) is 3.86. The van der Waals surface area contributed by atoms with Crippen LogP contribution in [0.15, 0.2) is 47.5 Å². The molecule has 0 amide bonds. The van der Waals surface area contributed by atoms with E-state index in [1.165, 1.54) is 18.3 Å². The molecule has 6 nitrogen and oxygen atoms in total. The van der Waals surface area contributed by atoms with Crippen LogP contribution < -0.4 is 16.0 Å². The van der Waals surface area contributed by atoms with Crippen LogP contribution in [0.1, 0.15) is 18.5 Å². The zero-order chi connectivity index (χ0) is 15.5. The van der Waals surface area contributed by atoms with E-state index in [0.717, 1.165) is 0 Å². The highest BCUT2D eigenvalue weighted by molar-refractivity contribution is 7.89. The van der Waals surface area contributed by atoms with E-state index in [4.69, 9.17) is 17.4 Å². The van der Waals surface area contributed by atoms with E-state index in [9.17, 15) is 8.42 Å². The highest BCUT2D eigenvalue weighted by Crippen LogP contribution is 2.25. The van der Waals surface area contributed by atoms with Gasteiger partial charge in [0.2, 0.25) is 10.0 Å². The van der Waals surface area contributed by atoms with Crippen LogP contribution in [0, 0.1) is 0 Å². The molecule has 2 aromatic rings. The number of hydrogen-bond acceptors (Lipinski definition) is 5. The van der Waals surface area contributed by atoms with Crippen molar-refractivity contribution in [2.45, 2.75) is 17.9 Å². The zero-order valence-electron chi connectivity index (χ0n) is 11.2. The smallest absolute Gasteiger partial charge is 0.244 e. The van der Waals surface area contributed by atoms with Crippen LogP contribution in [-0.4, -0.2) is 13.4 Å². The summed E-state index contributed by atoms with van der Waals surface area (Å²) >= 11 is 6.07.